The van der Waals surface area contributed by atoms with Gasteiger partial charge in [0.25, 0.3) is 0 Å². The second kappa shape index (κ2) is 9.33. The van der Waals surface area contributed by atoms with E-state index < -0.39 is 0 Å². The first kappa shape index (κ1) is 15.4. The molecular weight excluding hydrogens is 296 g/mol. The lowest BCUT2D eigenvalue weighted by atomic mass is 10.3. The van der Waals surface area contributed by atoms with Gasteiger partial charge in [-0.25, -0.2) is 0 Å². The molecule has 0 aromatic heterocycles. The molecule has 0 amide bonds. The number of methoxy groups -OCH3 is 2. The van der Waals surface area contributed by atoms with Gasteiger partial charge < -0.3 is 20.1 Å². The molecule has 0 saturated carbocycles. The van der Waals surface area contributed by atoms with E-state index in [4.69, 9.17) is 9.47 Å². The van der Waals surface area contributed by atoms with Gasteiger partial charge in [0.2, 0.25) is 0 Å². The molecule has 0 bridgehead atoms. The van der Waals surface area contributed by atoms with E-state index in [2.05, 4.69) is 26.6 Å². The van der Waals surface area contributed by atoms with Crippen molar-refractivity contribution in [2.75, 3.05) is 45.8 Å². The van der Waals surface area contributed by atoms with Crippen LogP contribution < -0.4 is 10.6 Å². The lowest BCUT2D eigenvalue weighted by molar-refractivity contribution is 0.0292. The van der Waals surface area contributed by atoms with Crippen LogP contribution in [-0.2, 0) is 9.47 Å². The van der Waals surface area contributed by atoms with Crippen molar-refractivity contribution in [1.29, 1.82) is 0 Å². The summed E-state index contributed by atoms with van der Waals surface area (Å²) in [6.45, 7) is 3.15. The molecule has 0 heterocycles. The molecule has 0 radical (unpaired) electrons. The SMILES string of the molecule is COCC(CNCCNc1ccccc1Br)OC. The van der Waals surface area contributed by atoms with Gasteiger partial charge in [0.05, 0.1) is 12.7 Å². The predicted octanol–water partition coefficient (Wildman–Crippen LogP) is 2.11. The van der Waals surface area contributed by atoms with Crippen LogP contribution in [0.1, 0.15) is 0 Å². The Kier molecular flexibility index (Phi) is 8.00. The summed E-state index contributed by atoms with van der Waals surface area (Å²) in [6.07, 6.45) is 0.110. The molecule has 102 valence electrons. The zero-order chi connectivity index (χ0) is 13.2. The molecule has 1 atom stereocenters. The van der Waals surface area contributed by atoms with Crippen LogP contribution >= 0.6 is 15.9 Å². The summed E-state index contributed by atoms with van der Waals surface area (Å²) in [5, 5.41) is 6.68. The van der Waals surface area contributed by atoms with E-state index in [1.165, 1.54) is 0 Å². The van der Waals surface area contributed by atoms with E-state index in [1.807, 2.05) is 24.3 Å². The van der Waals surface area contributed by atoms with Gasteiger partial charge in [-0.15, -0.1) is 0 Å². The van der Waals surface area contributed by atoms with E-state index in [1.54, 1.807) is 14.2 Å². The minimum atomic E-state index is 0.110. The van der Waals surface area contributed by atoms with Crippen LogP contribution in [-0.4, -0.2) is 46.6 Å². The first-order valence-corrected chi connectivity index (χ1v) is 6.78. The zero-order valence-corrected chi connectivity index (χ0v) is 12.5. The molecule has 1 unspecified atom stereocenters. The summed E-state index contributed by atoms with van der Waals surface area (Å²) in [7, 11) is 3.38. The molecule has 0 spiro atoms. The molecule has 18 heavy (non-hydrogen) atoms. The standard InChI is InChI=1S/C13H21BrN2O2/c1-17-10-11(18-2)9-15-7-8-16-13-6-4-3-5-12(13)14/h3-6,11,15-16H,7-10H2,1-2H3. The third kappa shape index (κ3) is 5.82. The van der Waals surface area contributed by atoms with Crippen molar-refractivity contribution < 1.29 is 9.47 Å². The smallest absolute Gasteiger partial charge is 0.0928 e. The summed E-state index contributed by atoms with van der Waals surface area (Å²) in [5.74, 6) is 0. The number of para-hydroxylation sites is 1. The summed E-state index contributed by atoms with van der Waals surface area (Å²) < 4.78 is 11.4. The summed E-state index contributed by atoms with van der Waals surface area (Å²) in [6, 6.07) is 8.09. The van der Waals surface area contributed by atoms with Crippen LogP contribution in [0.25, 0.3) is 0 Å². The van der Waals surface area contributed by atoms with Crippen LogP contribution in [0.15, 0.2) is 28.7 Å². The highest BCUT2D eigenvalue weighted by Gasteiger charge is 2.05. The number of anilines is 1. The Morgan fingerprint density at radius 1 is 1.22 bits per heavy atom. The Bertz CT molecular complexity index is 337. The van der Waals surface area contributed by atoms with E-state index in [9.17, 15) is 0 Å². The Balaban J connectivity index is 2.13. The normalized spacial score (nSPS) is 12.4. The van der Waals surface area contributed by atoms with Gasteiger partial charge in [-0.2, -0.15) is 0 Å². The van der Waals surface area contributed by atoms with Crippen molar-refractivity contribution in [2.45, 2.75) is 6.10 Å². The first-order valence-electron chi connectivity index (χ1n) is 5.98. The van der Waals surface area contributed by atoms with Crippen LogP contribution in [0.2, 0.25) is 0 Å². The third-order valence-corrected chi connectivity index (χ3v) is 3.24. The topological polar surface area (TPSA) is 42.5 Å². The van der Waals surface area contributed by atoms with E-state index in [-0.39, 0.29) is 6.10 Å². The summed E-state index contributed by atoms with van der Waals surface area (Å²) >= 11 is 3.50. The largest absolute Gasteiger partial charge is 0.383 e. The fourth-order valence-electron chi connectivity index (χ4n) is 1.55. The van der Waals surface area contributed by atoms with Crippen LogP contribution in [0.4, 0.5) is 5.69 Å². The van der Waals surface area contributed by atoms with Crippen LogP contribution in [0.3, 0.4) is 0 Å². The van der Waals surface area contributed by atoms with Gasteiger partial charge in [0.1, 0.15) is 0 Å². The van der Waals surface area contributed by atoms with Gasteiger partial charge in [-0.3, -0.25) is 0 Å². The Labute approximate surface area is 117 Å². The number of ether oxygens (including phenoxy) is 2. The van der Waals surface area contributed by atoms with Crippen molar-refractivity contribution in [1.82, 2.24) is 5.32 Å². The first-order chi connectivity index (χ1) is 8.77. The number of nitrogens with one attached hydrogen (secondary N) is 2. The number of benzene rings is 1. The van der Waals surface area contributed by atoms with Crippen molar-refractivity contribution in [3.63, 3.8) is 0 Å². The molecule has 1 aromatic rings. The highest BCUT2D eigenvalue weighted by atomic mass is 79.9. The van der Waals surface area contributed by atoms with Crippen LogP contribution in [0, 0.1) is 0 Å². The van der Waals surface area contributed by atoms with Crippen molar-refractivity contribution >= 4 is 21.6 Å². The third-order valence-electron chi connectivity index (χ3n) is 2.55. The van der Waals surface area contributed by atoms with Gasteiger partial charge in [0.15, 0.2) is 0 Å². The molecule has 0 aliphatic heterocycles. The highest BCUT2D eigenvalue weighted by molar-refractivity contribution is 9.10. The molecule has 0 aliphatic rings. The predicted molar refractivity (Wildman–Crippen MR) is 78.2 cm³/mol. The number of rotatable bonds is 9. The van der Waals surface area contributed by atoms with Crippen LogP contribution in [0.5, 0.6) is 0 Å². The molecule has 1 rings (SSSR count). The zero-order valence-electron chi connectivity index (χ0n) is 10.9. The molecule has 2 N–H and O–H groups in total. The minimum absolute atomic E-state index is 0.110. The second-order valence-electron chi connectivity index (χ2n) is 3.92. The minimum Gasteiger partial charge on any atom is -0.383 e. The maximum atomic E-state index is 5.26. The lowest BCUT2D eigenvalue weighted by Crippen LogP contribution is -2.34. The Morgan fingerprint density at radius 3 is 2.67 bits per heavy atom. The molecule has 0 aliphatic carbocycles. The summed E-state index contributed by atoms with van der Waals surface area (Å²) in [5.41, 5.74) is 1.11. The average Bonchev–Trinajstić information content (AvgIpc) is 2.39. The van der Waals surface area contributed by atoms with Gasteiger partial charge >= 0.3 is 0 Å². The average molecular weight is 317 g/mol. The number of hydrogen-bond donors (Lipinski definition) is 2. The molecule has 0 saturated heterocycles. The van der Waals surface area contributed by atoms with Crippen molar-refractivity contribution in [2.24, 2.45) is 0 Å². The lowest BCUT2D eigenvalue weighted by Gasteiger charge is -2.15. The summed E-state index contributed by atoms with van der Waals surface area (Å²) in [4.78, 5) is 0. The maximum absolute atomic E-state index is 5.26. The molecule has 4 nitrogen and oxygen atoms in total. The fraction of sp³-hybridized carbons (Fsp3) is 0.538. The molecule has 0 fully saturated rings. The fourth-order valence-corrected chi connectivity index (χ4v) is 1.97. The monoisotopic (exact) mass is 316 g/mol. The Morgan fingerprint density at radius 2 is 2.00 bits per heavy atom. The van der Waals surface area contributed by atoms with Gasteiger partial charge in [-0.05, 0) is 28.1 Å². The number of hydrogen-bond acceptors (Lipinski definition) is 4. The second-order valence-corrected chi connectivity index (χ2v) is 4.78. The van der Waals surface area contributed by atoms with Crippen molar-refractivity contribution in [3.05, 3.63) is 28.7 Å². The van der Waals surface area contributed by atoms with E-state index >= 15 is 0 Å². The quantitative estimate of drug-likeness (QED) is 0.685. The van der Waals surface area contributed by atoms with E-state index in [0.29, 0.717) is 6.61 Å². The van der Waals surface area contributed by atoms with E-state index in [0.717, 1.165) is 29.8 Å². The molecule has 5 heteroatoms. The maximum Gasteiger partial charge on any atom is 0.0928 e. The van der Waals surface area contributed by atoms with Crippen molar-refractivity contribution in [3.8, 4) is 0 Å². The highest BCUT2D eigenvalue weighted by Crippen LogP contribution is 2.20. The van der Waals surface area contributed by atoms with Gasteiger partial charge in [-0.1, -0.05) is 12.1 Å². The van der Waals surface area contributed by atoms with Gasteiger partial charge in [0, 0.05) is 44.0 Å². The molecule has 1 aromatic carbocycles. The molecular formula is C13H21BrN2O2. The Hall–Kier alpha value is -0.620. The number of halogens is 1.